The van der Waals surface area contributed by atoms with Gasteiger partial charge in [0.15, 0.2) is 5.75 Å². The van der Waals surface area contributed by atoms with E-state index in [2.05, 4.69) is 6.58 Å². The van der Waals surface area contributed by atoms with Crippen LogP contribution in [-0.2, 0) is 28.7 Å². The van der Waals surface area contributed by atoms with Crippen molar-refractivity contribution in [1.29, 1.82) is 0 Å². The van der Waals surface area contributed by atoms with E-state index in [0.717, 1.165) is 50.4 Å². The number of carbonyl (C=O) groups excluding carboxylic acids is 2. The number of aliphatic carboxylic acids is 1. The van der Waals surface area contributed by atoms with E-state index >= 15 is 0 Å². The van der Waals surface area contributed by atoms with Gasteiger partial charge in [0.1, 0.15) is 12.4 Å². The summed E-state index contributed by atoms with van der Waals surface area (Å²) in [5.74, 6) is -0.203. The molecule has 0 aliphatic heterocycles. The minimum absolute atomic E-state index is 0.00184. The van der Waals surface area contributed by atoms with Crippen LogP contribution < -0.4 is 9.62 Å². The average molecular weight is 493 g/mol. The van der Waals surface area contributed by atoms with Crippen LogP contribution in [0.25, 0.3) is 0 Å². The Morgan fingerprint density at radius 2 is 1.54 bits per heavy atom. The molecule has 1 aliphatic rings. The van der Waals surface area contributed by atoms with Crippen LogP contribution >= 0.6 is 0 Å². The molecule has 1 aromatic carbocycles. The Hall–Kier alpha value is -3.07. The summed E-state index contributed by atoms with van der Waals surface area (Å²) in [5, 5.41) is 9.05. The quantitative estimate of drug-likeness (QED) is 0.110. The first-order valence-corrected chi connectivity index (χ1v) is 12.2. The highest BCUT2D eigenvalue weighted by atomic mass is 17.2. The van der Waals surface area contributed by atoms with Crippen molar-refractivity contribution in [1.82, 2.24) is 0 Å². The van der Waals surface area contributed by atoms with Crippen LogP contribution in [-0.4, -0.2) is 49.4 Å². The van der Waals surface area contributed by atoms with Gasteiger partial charge in [-0.25, -0.2) is 4.79 Å². The Kier molecular flexibility index (Phi) is 13.3. The zero-order chi connectivity index (χ0) is 25.3. The summed E-state index contributed by atoms with van der Waals surface area (Å²) < 4.78 is 15.5. The molecule has 0 atom stereocenters. The maximum absolute atomic E-state index is 11.5. The maximum atomic E-state index is 11.5. The number of unbranched alkanes of at least 4 members (excludes halogenated alkanes) is 3. The van der Waals surface area contributed by atoms with Gasteiger partial charge in [-0.15, -0.1) is 0 Å². The average Bonchev–Trinajstić information content (AvgIpc) is 2.86. The molecule has 1 aliphatic carbocycles. The zero-order valence-corrected chi connectivity index (χ0v) is 20.2. The molecule has 0 saturated heterocycles. The van der Waals surface area contributed by atoms with Crippen molar-refractivity contribution >= 4 is 17.9 Å². The van der Waals surface area contributed by atoms with E-state index < -0.39 is 11.9 Å². The predicted molar refractivity (Wildman–Crippen MR) is 127 cm³/mol. The summed E-state index contributed by atoms with van der Waals surface area (Å²) in [6.45, 7) is 4.67. The van der Waals surface area contributed by atoms with Crippen molar-refractivity contribution in [3.05, 3.63) is 36.9 Å². The van der Waals surface area contributed by atoms with E-state index in [0.29, 0.717) is 44.3 Å². The minimum Gasteiger partial charge on any atom is -0.494 e. The lowest BCUT2D eigenvalue weighted by Crippen LogP contribution is -2.24. The van der Waals surface area contributed by atoms with Crippen LogP contribution in [0.1, 0.15) is 57.8 Å². The third-order valence-electron chi connectivity index (χ3n) is 5.77. The Balaban J connectivity index is 1.44. The van der Waals surface area contributed by atoms with Crippen molar-refractivity contribution in [2.75, 3.05) is 26.4 Å². The third-order valence-corrected chi connectivity index (χ3v) is 5.77. The van der Waals surface area contributed by atoms with Crippen molar-refractivity contribution in [2.45, 2.75) is 57.8 Å². The van der Waals surface area contributed by atoms with Gasteiger partial charge in [0.25, 0.3) is 0 Å². The Morgan fingerprint density at radius 1 is 0.886 bits per heavy atom. The zero-order valence-electron chi connectivity index (χ0n) is 20.2. The van der Waals surface area contributed by atoms with Gasteiger partial charge in [0.05, 0.1) is 32.2 Å². The summed E-state index contributed by atoms with van der Waals surface area (Å²) in [7, 11) is 0. The molecule has 0 spiro atoms. The SMILES string of the molecule is C=CC(=O)OCCC(=O)OCCCCCCOc1ccc(OOCC2CCC(C(=O)O)CC2)cc1. The molecule has 0 aromatic heterocycles. The van der Waals surface area contributed by atoms with Gasteiger partial charge in [0, 0.05) is 6.08 Å². The number of carbonyl (C=O) groups is 3. The van der Waals surface area contributed by atoms with Gasteiger partial charge in [0.2, 0.25) is 0 Å². The molecule has 1 saturated carbocycles. The van der Waals surface area contributed by atoms with Crippen LogP contribution in [0.5, 0.6) is 11.5 Å². The van der Waals surface area contributed by atoms with Crippen LogP contribution in [0.3, 0.4) is 0 Å². The fraction of sp³-hybridized carbons (Fsp3) is 0.577. The predicted octanol–water partition coefficient (Wildman–Crippen LogP) is 4.49. The Bertz CT molecular complexity index is 783. The Morgan fingerprint density at radius 3 is 2.20 bits per heavy atom. The normalized spacial score (nSPS) is 17.3. The van der Waals surface area contributed by atoms with Crippen molar-refractivity contribution in [3.63, 3.8) is 0 Å². The fourth-order valence-electron chi connectivity index (χ4n) is 3.67. The molecule has 0 heterocycles. The molecule has 2 rings (SSSR count). The van der Waals surface area contributed by atoms with Crippen LogP contribution in [0.15, 0.2) is 36.9 Å². The first-order valence-electron chi connectivity index (χ1n) is 12.2. The number of ether oxygens (including phenoxy) is 3. The molecule has 194 valence electrons. The minimum atomic E-state index is -0.704. The molecule has 1 fully saturated rings. The van der Waals surface area contributed by atoms with Gasteiger partial charge in [-0.2, -0.15) is 4.89 Å². The van der Waals surface area contributed by atoms with Crippen LogP contribution in [0.2, 0.25) is 0 Å². The molecule has 0 unspecified atom stereocenters. The highest BCUT2D eigenvalue weighted by Gasteiger charge is 2.26. The topological polar surface area (TPSA) is 118 Å². The molecule has 0 radical (unpaired) electrons. The van der Waals surface area contributed by atoms with E-state index in [1.165, 1.54) is 0 Å². The number of carboxylic acid groups (broad SMARTS) is 1. The number of hydrogen-bond acceptors (Lipinski definition) is 8. The number of hydrogen-bond donors (Lipinski definition) is 1. The van der Waals surface area contributed by atoms with Gasteiger partial charge >= 0.3 is 17.9 Å². The lowest BCUT2D eigenvalue weighted by atomic mass is 9.82. The molecular formula is C26H36O9. The van der Waals surface area contributed by atoms with E-state index in [4.69, 9.17) is 29.1 Å². The molecular weight excluding hydrogens is 456 g/mol. The highest BCUT2D eigenvalue weighted by Crippen LogP contribution is 2.29. The van der Waals surface area contributed by atoms with Gasteiger partial charge in [-0.1, -0.05) is 6.58 Å². The number of benzene rings is 1. The molecule has 9 heteroatoms. The summed E-state index contributed by atoms with van der Waals surface area (Å²) >= 11 is 0. The van der Waals surface area contributed by atoms with E-state index in [1.807, 2.05) is 12.1 Å². The first-order chi connectivity index (χ1) is 17.0. The number of esters is 2. The second-order valence-corrected chi connectivity index (χ2v) is 8.50. The lowest BCUT2D eigenvalue weighted by molar-refractivity contribution is -0.218. The standard InChI is InChI=1S/C26H36O9/c1-2-24(27)33-18-15-25(28)32-17-6-4-3-5-16-31-22-11-13-23(14-12-22)35-34-19-20-7-9-21(10-8-20)26(29)30/h2,11-14,20-21H,1,3-10,15-19H2,(H,29,30). The molecule has 1 N–H and O–H groups in total. The third kappa shape index (κ3) is 12.3. The monoisotopic (exact) mass is 492 g/mol. The summed E-state index contributed by atoms with van der Waals surface area (Å²) in [6.07, 6.45) is 7.69. The van der Waals surface area contributed by atoms with Crippen molar-refractivity contribution < 1.29 is 43.5 Å². The first kappa shape index (κ1) is 28.2. The molecule has 1 aromatic rings. The van der Waals surface area contributed by atoms with E-state index in [9.17, 15) is 14.4 Å². The van der Waals surface area contributed by atoms with E-state index in [-0.39, 0.29) is 24.9 Å². The lowest BCUT2D eigenvalue weighted by Gasteiger charge is -2.25. The Labute approximate surface area is 206 Å². The van der Waals surface area contributed by atoms with Gasteiger partial charge in [-0.05, 0) is 81.5 Å². The summed E-state index contributed by atoms with van der Waals surface area (Å²) in [6, 6.07) is 7.21. The largest absolute Gasteiger partial charge is 0.494 e. The second-order valence-electron chi connectivity index (χ2n) is 8.50. The molecule has 35 heavy (non-hydrogen) atoms. The molecule has 0 bridgehead atoms. The van der Waals surface area contributed by atoms with Crippen molar-refractivity contribution in [2.24, 2.45) is 11.8 Å². The fourth-order valence-corrected chi connectivity index (χ4v) is 3.67. The van der Waals surface area contributed by atoms with Crippen LogP contribution in [0.4, 0.5) is 0 Å². The van der Waals surface area contributed by atoms with Gasteiger partial charge in [-0.3, -0.25) is 9.59 Å². The maximum Gasteiger partial charge on any atom is 0.330 e. The van der Waals surface area contributed by atoms with Crippen LogP contribution in [0, 0.1) is 11.8 Å². The van der Waals surface area contributed by atoms with Gasteiger partial charge < -0.3 is 24.2 Å². The second kappa shape index (κ2) is 16.5. The van der Waals surface area contributed by atoms with Crippen molar-refractivity contribution in [3.8, 4) is 11.5 Å². The van der Waals surface area contributed by atoms with E-state index in [1.54, 1.807) is 12.1 Å². The number of rotatable bonds is 17. The summed E-state index contributed by atoms with van der Waals surface area (Å²) in [4.78, 5) is 44.0. The smallest absolute Gasteiger partial charge is 0.330 e. The summed E-state index contributed by atoms with van der Waals surface area (Å²) in [5.41, 5.74) is 0. The number of carboxylic acids is 1. The molecule has 9 nitrogen and oxygen atoms in total. The highest BCUT2D eigenvalue weighted by molar-refractivity contribution is 5.81. The molecule has 0 amide bonds.